The van der Waals surface area contributed by atoms with Crippen LogP contribution in [0.5, 0.6) is 0 Å². The monoisotopic (exact) mass is 472 g/mol. The van der Waals surface area contributed by atoms with Gasteiger partial charge in [0.25, 0.3) is 10.0 Å². The molecule has 31 heavy (non-hydrogen) atoms. The van der Waals surface area contributed by atoms with Crippen molar-refractivity contribution in [3.8, 4) is 10.6 Å². The molecule has 3 aromatic rings. The Bertz CT molecular complexity index is 1240. The van der Waals surface area contributed by atoms with Gasteiger partial charge in [-0.05, 0) is 23.6 Å². The lowest BCUT2D eigenvalue weighted by Gasteiger charge is -2.15. The molecule has 4 rings (SSSR count). The van der Waals surface area contributed by atoms with Crippen molar-refractivity contribution in [2.45, 2.75) is 28.8 Å². The molecule has 0 bridgehead atoms. The highest BCUT2D eigenvalue weighted by molar-refractivity contribution is 7.91. The number of thiophene rings is 1. The second-order valence-electron chi connectivity index (χ2n) is 7.15. The van der Waals surface area contributed by atoms with Gasteiger partial charge in [-0.25, -0.2) is 8.42 Å². The number of carboxylic acids is 1. The lowest BCUT2D eigenvalue weighted by atomic mass is 10.1. The van der Waals surface area contributed by atoms with Crippen LogP contribution < -0.4 is 4.72 Å². The smallest absolute Gasteiger partial charge is 0.452 e. The summed E-state index contributed by atoms with van der Waals surface area (Å²) >= 11 is 0.662. The lowest BCUT2D eigenvalue weighted by molar-refractivity contribution is -0.155. The maximum absolute atomic E-state index is 12.9. The van der Waals surface area contributed by atoms with Crippen molar-refractivity contribution in [1.82, 2.24) is 9.88 Å². The van der Waals surface area contributed by atoms with Gasteiger partial charge in [0.2, 0.25) is 5.76 Å². The van der Waals surface area contributed by atoms with Crippen molar-refractivity contribution in [2.24, 2.45) is 5.92 Å². The molecule has 2 heterocycles. The van der Waals surface area contributed by atoms with Gasteiger partial charge in [0.05, 0.1) is 4.88 Å². The average Bonchev–Trinajstić information content (AvgIpc) is 3.13. The van der Waals surface area contributed by atoms with Gasteiger partial charge < -0.3 is 9.63 Å². The summed E-state index contributed by atoms with van der Waals surface area (Å²) in [6.45, 7) is 1.64. The van der Waals surface area contributed by atoms with Crippen LogP contribution in [0.3, 0.4) is 0 Å². The van der Waals surface area contributed by atoms with Crippen LogP contribution in [0, 0.1) is 5.92 Å². The third kappa shape index (κ3) is 3.64. The number of aliphatic carboxylic acids is 1. The molecule has 2 N–H and O–H groups in total. The summed E-state index contributed by atoms with van der Waals surface area (Å²) in [5.74, 6) is -3.68. The summed E-state index contributed by atoms with van der Waals surface area (Å²) in [7, 11) is -4.28. The molecule has 1 aliphatic rings. The van der Waals surface area contributed by atoms with Gasteiger partial charge in [-0.1, -0.05) is 42.4 Å². The number of nitrogens with one attached hydrogen (secondary N) is 1. The number of rotatable bonds is 6. The Morgan fingerprint density at radius 2 is 1.90 bits per heavy atom. The Morgan fingerprint density at radius 3 is 2.48 bits per heavy atom. The first-order chi connectivity index (χ1) is 14.5. The van der Waals surface area contributed by atoms with Crippen molar-refractivity contribution >= 4 is 27.3 Å². The summed E-state index contributed by atoms with van der Waals surface area (Å²) in [6, 6.07) is 11.8. The Morgan fingerprint density at radius 1 is 1.23 bits per heavy atom. The molecule has 1 saturated carbocycles. The van der Waals surface area contributed by atoms with Gasteiger partial charge >= 0.3 is 12.1 Å². The van der Waals surface area contributed by atoms with E-state index >= 15 is 0 Å². The summed E-state index contributed by atoms with van der Waals surface area (Å²) in [4.78, 5) is 12.2. The van der Waals surface area contributed by atoms with Crippen LogP contribution in [-0.2, 0) is 21.0 Å². The van der Waals surface area contributed by atoms with Crippen molar-refractivity contribution in [2.75, 3.05) is 0 Å². The highest BCUT2D eigenvalue weighted by atomic mass is 32.2. The van der Waals surface area contributed by atoms with E-state index in [9.17, 15) is 31.5 Å². The second kappa shape index (κ2) is 7.18. The number of carbonyl (C=O) groups is 1. The number of carboxylic acid groups (broad SMARTS) is 1. The predicted molar refractivity (Wildman–Crippen MR) is 104 cm³/mol. The van der Waals surface area contributed by atoms with Crippen LogP contribution in [0.2, 0.25) is 0 Å². The zero-order chi connectivity index (χ0) is 22.6. The zero-order valence-electron chi connectivity index (χ0n) is 15.8. The fourth-order valence-electron chi connectivity index (χ4n) is 3.70. The zero-order valence-corrected chi connectivity index (χ0v) is 17.4. The molecule has 164 valence electrons. The van der Waals surface area contributed by atoms with Gasteiger partial charge in [0.1, 0.15) is 15.4 Å². The molecule has 0 radical (unpaired) electrons. The molecule has 3 atom stereocenters. The second-order valence-corrected chi connectivity index (χ2v) is 10.1. The van der Waals surface area contributed by atoms with E-state index in [-0.39, 0.29) is 14.8 Å². The maximum atomic E-state index is 12.9. The Hall–Kier alpha value is -2.70. The lowest BCUT2D eigenvalue weighted by Crippen LogP contribution is -2.45. The number of alkyl halides is 3. The van der Waals surface area contributed by atoms with Crippen molar-refractivity contribution < 1.29 is 36.0 Å². The number of halogens is 3. The third-order valence-electron chi connectivity index (χ3n) is 5.30. The average molecular weight is 472 g/mol. The molecule has 1 aliphatic carbocycles. The van der Waals surface area contributed by atoms with E-state index in [2.05, 4.69) is 14.4 Å². The summed E-state index contributed by atoms with van der Waals surface area (Å²) in [5, 5.41) is 13.2. The van der Waals surface area contributed by atoms with Crippen LogP contribution >= 0.6 is 11.3 Å². The van der Waals surface area contributed by atoms with E-state index in [4.69, 9.17) is 0 Å². The van der Waals surface area contributed by atoms with E-state index in [1.807, 2.05) is 0 Å². The highest BCUT2D eigenvalue weighted by Gasteiger charge is 2.70. The number of aromatic nitrogens is 1. The minimum Gasteiger partial charge on any atom is -0.480 e. The molecule has 0 unspecified atom stereocenters. The van der Waals surface area contributed by atoms with Gasteiger partial charge in [0.15, 0.2) is 0 Å². The molecule has 0 aliphatic heterocycles. The molecule has 7 nitrogen and oxygen atoms in total. The minimum atomic E-state index is -4.72. The first kappa shape index (κ1) is 21.5. The van der Waals surface area contributed by atoms with Crippen molar-refractivity contribution in [3.05, 3.63) is 59.9 Å². The van der Waals surface area contributed by atoms with E-state index in [1.165, 1.54) is 12.1 Å². The van der Waals surface area contributed by atoms with Crippen molar-refractivity contribution in [1.29, 1.82) is 0 Å². The largest absolute Gasteiger partial charge is 0.480 e. The van der Waals surface area contributed by atoms with E-state index in [1.54, 1.807) is 37.3 Å². The van der Waals surface area contributed by atoms with Crippen molar-refractivity contribution in [3.63, 3.8) is 0 Å². The number of nitrogens with zero attached hydrogens (tertiary/aromatic N) is 1. The van der Waals surface area contributed by atoms with E-state index < -0.39 is 45.3 Å². The molecule has 12 heteroatoms. The van der Waals surface area contributed by atoms with Gasteiger partial charge in [-0.2, -0.15) is 17.9 Å². The summed E-state index contributed by atoms with van der Waals surface area (Å²) in [5.41, 5.74) is -1.20. The molecule has 2 aromatic heterocycles. The first-order valence-corrected chi connectivity index (χ1v) is 11.2. The summed E-state index contributed by atoms with van der Waals surface area (Å²) < 4.78 is 70.3. The van der Waals surface area contributed by atoms with Crippen LogP contribution in [-0.4, -0.2) is 30.2 Å². The molecular formula is C19H15F3N2O5S2. The fourth-order valence-corrected chi connectivity index (χ4v) is 6.42. The van der Waals surface area contributed by atoms with Gasteiger partial charge in [-0.15, -0.1) is 11.3 Å². The number of hydrogen-bond acceptors (Lipinski definition) is 6. The number of sulfonamides is 1. The van der Waals surface area contributed by atoms with Crippen LogP contribution in [0.4, 0.5) is 13.2 Å². The topological polar surface area (TPSA) is 110 Å². The van der Waals surface area contributed by atoms with Crippen LogP contribution in [0.1, 0.15) is 24.2 Å². The van der Waals surface area contributed by atoms with E-state index in [0.717, 1.165) is 0 Å². The van der Waals surface area contributed by atoms with Crippen LogP contribution in [0.25, 0.3) is 10.6 Å². The Kier molecular flexibility index (Phi) is 4.98. The van der Waals surface area contributed by atoms with E-state index in [0.29, 0.717) is 23.0 Å². The minimum absolute atomic E-state index is 0.132. The quantitative estimate of drug-likeness (QED) is 0.562. The summed E-state index contributed by atoms with van der Waals surface area (Å²) in [6.07, 6.45) is -4.72. The number of benzene rings is 1. The predicted octanol–water partition coefficient (Wildman–Crippen LogP) is 3.96. The molecular weight excluding hydrogens is 457 g/mol. The first-order valence-electron chi connectivity index (χ1n) is 8.93. The molecule has 1 aromatic carbocycles. The number of hydrogen-bond donors (Lipinski definition) is 2. The third-order valence-corrected chi connectivity index (χ3v) is 8.39. The molecule has 0 amide bonds. The van der Waals surface area contributed by atoms with Gasteiger partial charge in [0, 0.05) is 12.0 Å². The Balaban J connectivity index is 1.62. The standard InChI is InChI=1S/C19H15F3N2O5S2/c1-10-16(11-5-3-2-4-6-11)18(10,17(25)26)24-31(27,28)15-8-7-13(30-15)12-9-14(29-23-12)19(20,21)22/h2-10,16,24H,1H3,(H,25,26)/t10-,16+,18-/m1/s1. The molecule has 1 fully saturated rings. The van der Waals surface area contributed by atoms with Gasteiger partial charge in [-0.3, -0.25) is 4.79 Å². The normalized spacial score (nSPS) is 23.6. The molecule has 0 spiro atoms. The van der Waals surface area contributed by atoms with Crippen LogP contribution in [0.15, 0.2) is 57.3 Å². The Labute approximate surface area is 178 Å². The maximum Gasteiger partial charge on any atom is 0.452 e. The molecule has 0 saturated heterocycles. The SMILES string of the molecule is C[C@@H]1[C@@H](c2ccccc2)[C@@]1(NS(=O)(=O)c1ccc(-c2cc(C(F)(F)F)on2)s1)C(=O)O. The fraction of sp³-hybridized carbons (Fsp3) is 0.263. The highest BCUT2D eigenvalue weighted by Crippen LogP contribution is 2.58.